The van der Waals surface area contributed by atoms with Crippen molar-refractivity contribution in [3.05, 3.63) is 18.0 Å². The Balaban J connectivity index is 1.79. The molecule has 3 heteroatoms. The zero-order valence-electron chi connectivity index (χ0n) is 8.30. The second-order valence-corrected chi connectivity index (χ2v) is 4.34. The van der Waals surface area contributed by atoms with Crippen LogP contribution < -0.4 is 5.32 Å². The highest BCUT2D eigenvalue weighted by atomic mass is 15.1. The van der Waals surface area contributed by atoms with Crippen molar-refractivity contribution in [1.29, 1.82) is 0 Å². The standard InChI is InChI=1S/C10H17N3/c1-8(10(2)4-5-10)11-7-9-3-6-12-13-9/h3,6,8,11H,4-5,7H2,1-2H3,(H,12,13). The van der Waals surface area contributed by atoms with Crippen LogP contribution in [0.2, 0.25) is 0 Å². The van der Waals surface area contributed by atoms with E-state index < -0.39 is 0 Å². The fourth-order valence-corrected chi connectivity index (χ4v) is 1.52. The first-order chi connectivity index (χ1) is 6.21. The van der Waals surface area contributed by atoms with Crippen molar-refractivity contribution in [2.75, 3.05) is 0 Å². The van der Waals surface area contributed by atoms with Crippen molar-refractivity contribution in [3.63, 3.8) is 0 Å². The Bertz CT molecular complexity index is 262. The molecule has 3 nitrogen and oxygen atoms in total. The molecule has 13 heavy (non-hydrogen) atoms. The molecule has 0 aliphatic heterocycles. The second kappa shape index (κ2) is 3.14. The molecule has 1 atom stereocenters. The summed E-state index contributed by atoms with van der Waals surface area (Å²) in [5.74, 6) is 0. The van der Waals surface area contributed by atoms with Crippen LogP contribution in [0.4, 0.5) is 0 Å². The molecule has 1 heterocycles. The van der Waals surface area contributed by atoms with Gasteiger partial charge in [0, 0.05) is 24.5 Å². The minimum Gasteiger partial charge on any atom is -0.308 e. The lowest BCUT2D eigenvalue weighted by atomic mass is 10.0. The molecule has 0 radical (unpaired) electrons. The highest BCUT2D eigenvalue weighted by Gasteiger charge is 2.42. The summed E-state index contributed by atoms with van der Waals surface area (Å²) in [6, 6.07) is 2.62. The first-order valence-corrected chi connectivity index (χ1v) is 4.92. The molecule has 0 saturated heterocycles. The van der Waals surface area contributed by atoms with E-state index in [4.69, 9.17) is 0 Å². The van der Waals surface area contributed by atoms with Gasteiger partial charge in [0.05, 0.1) is 0 Å². The van der Waals surface area contributed by atoms with Crippen molar-refractivity contribution in [2.45, 2.75) is 39.3 Å². The average molecular weight is 179 g/mol. The molecule has 1 aromatic heterocycles. The van der Waals surface area contributed by atoms with E-state index in [-0.39, 0.29) is 0 Å². The molecule has 1 aliphatic rings. The van der Waals surface area contributed by atoms with Crippen LogP contribution in [0.3, 0.4) is 0 Å². The summed E-state index contributed by atoms with van der Waals surface area (Å²) in [6.07, 6.45) is 4.52. The van der Waals surface area contributed by atoms with E-state index in [9.17, 15) is 0 Å². The Morgan fingerprint density at radius 2 is 2.46 bits per heavy atom. The minimum atomic E-state index is 0.556. The first-order valence-electron chi connectivity index (χ1n) is 4.92. The van der Waals surface area contributed by atoms with E-state index in [1.807, 2.05) is 6.07 Å². The topological polar surface area (TPSA) is 40.7 Å². The summed E-state index contributed by atoms with van der Waals surface area (Å²) in [7, 11) is 0. The fourth-order valence-electron chi connectivity index (χ4n) is 1.52. The molecule has 0 spiro atoms. The zero-order chi connectivity index (χ0) is 9.31. The van der Waals surface area contributed by atoms with Crippen LogP contribution >= 0.6 is 0 Å². The van der Waals surface area contributed by atoms with Crippen molar-refractivity contribution >= 4 is 0 Å². The Kier molecular flexibility index (Phi) is 2.12. The van der Waals surface area contributed by atoms with Gasteiger partial charge in [-0.15, -0.1) is 0 Å². The van der Waals surface area contributed by atoms with Gasteiger partial charge in [-0.25, -0.2) is 0 Å². The number of aromatic nitrogens is 2. The molecule has 1 aromatic rings. The molecule has 2 rings (SSSR count). The fraction of sp³-hybridized carbons (Fsp3) is 0.700. The van der Waals surface area contributed by atoms with Gasteiger partial charge in [-0.05, 0) is 31.2 Å². The SMILES string of the molecule is CC(NCc1ccn[nH]1)C1(C)CC1. The van der Waals surface area contributed by atoms with Crippen LogP contribution in [0.5, 0.6) is 0 Å². The monoisotopic (exact) mass is 179 g/mol. The summed E-state index contributed by atoms with van der Waals surface area (Å²) in [4.78, 5) is 0. The van der Waals surface area contributed by atoms with Crippen molar-refractivity contribution in [2.24, 2.45) is 5.41 Å². The summed E-state index contributed by atoms with van der Waals surface area (Å²) in [5, 5.41) is 10.4. The van der Waals surface area contributed by atoms with Gasteiger partial charge < -0.3 is 5.32 Å². The number of hydrogen-bond acceptors (Lipinski definition) is 2. The second-order valence-electron chi connectivity index (χ2n) is 4.34. The van der Waals surface area contributed by atoms with Crippen LogP contribution in [0.15, 0.2) is 12.3 Å². The maximum atomic E-state index is 3.91. The number of rotatable bonds is 4. The lowest BCUT2D eigenvalue weighted by Gasteiger charge is -2.19. The van der Waals surface area contributed by atoms with Gasteiger partial charge in [0.25, 0.3) is 0 Å². The normalized spacial score (nSPS) is 21.4. The zero-order valence-corrected chi connectivity index (χ0v) is 8.30. The summed E-state index contributed by atoms with van der Waals surface area (Å²) < 4.78 is 0. The van der Waals surface area contributed by atoms with Crippen molar-refractivity contribution in [3.8, 4) is 0 Å². The van der Waals surface area contributed by atoms with Gasteiger partial charge in [-0.3, -0.25) is 5.10 Å². The Morgan fingerprint density at radius 1 is 1.69 bits per heavy atom. The maximum Gasteiger partial charge on any atom is 0.0490 e. The van der Waals surface area contributed by atoms with E-state index in [0.29, 0.717) is 11.5 Å². The average Bonchev–Trinajstić information content (AvgIpc) is 2.70. The van der Waals surface area contributed by atoms with Gasteiger partial charge in [0.1, 0.15) is 0 Å². The Morgan fingerprint density at radius 3 is 3.00 bits per heavy atom. The lowest BCUT2D eigenvalue weighted by Crippen LogP contribution is -2.32. The van der Waals surface area contributed by atoms with Gasteiger partial charge in [-0.1, -0.05) is 6.92 Å². The third kappa shape index (κ3) is 1.91. The van der Waals surface area contributed by atoms with E-state index >= 15 is 0 Å². The van der Waals surface area contributed by atoms with E-state index in [1.165, 1.54) is 12.8 Å². The summed E-state index contributed by atoms with van der Waals surface area (Å²) >= 11 is 0. The Hall–Kier alpha value is -0.830. The van der Waals surface area contributed by atoms with Crippen LogP contribution in [-0.4, -0.2) is 16.2 Å². The number of H-pyrrole nitrogens is 1. The quantitative estimate of drug-likeness (QED) is 0.738. The van der Waals surface area contributed by atoms with E-state index in [0.717, 1.165) is 12.2 Å². The highest BCUT2D eigenvalue weighted by molar-refractivity contribution is 5.00. The molecule has 1 fully saturated rings. The molecular weight excluding hydrogens is 162 g/mol. The highest BCUT2D eigenvalue weighted by Crippen LogP contribution is 2.47. The predicted octanol–water partition coefficient (Wildman–Crippen LogP) is 1.69. The van der Waals surface area contributed by atoms with Gasteiger partial charge in [0.2, 0.25) is 0 Å². The summed E-state index contributed by atoms with van der Waals surface area (Å²) in [5.41, 5.74) is 1.72. The lowest BCUT2D eigenvalue weighted by molar-refractivity contribution is 0.378. The minimum absolute atomic E-state index is 0.556. The molecule has 0 bridgehead atoms. The molecule has 1 aliphatic carbocycles. The smallest absolute Gasteiger partial charge is 0.0490 e. The van der Waals surface area contributed by atoms with E-state index in [1.54, 1.807) is 6.20 Å². The van der Waals surface area contributed by atoms with Crippen LogP contribution in [-0.2, 0) is 6.54 Å². The van der Waals surface area contributed by atoms with Crippen LogP contribution in [0.25, 0.3) is 0 Å². The molecule has 1 saturated carbocycles. The Labute approximate surface area is 78.9 Å². The third-order valence-corrected chi connectivity index (χ3v) is 3.24. The van der Waals surface area contributed by atoms with Gasteiger partial charge in [-0.2, -0.15) is 5.10 Å². The number of nitrogens with one attached hydrogen (secondary N) is 2. The molecule has 2 N–H and O–H groups in total. The molecule has 0 aromatic carbocycles. The number of hydrogen-bond donors (Lipinski definition) is 2. The van der Waals surface area contributed by atoms with E-state index in [2.05, 4.69) is 29.4 Å². The van der Waals surface area contributed by atoms with Gasteiger partial charge >= 0.3 is 0 Å². The molecule has 72 valence electrons. The number of nitrogens with zero attached hydrogens (tertiary/aromatic N) is 1. The number of aromatic amines is 1. The van der Waals surface area contributed by atoms with Crippen molar-refractivity contribution < 1.29 is 0 Å². The molecule has 1 unspecified atom stereocenters. The third-order valence-electron chi connectivity index (χ3n) is 3.24. The maximum absolute atomic E-state index is 3.91. The summed E-state index contributed by atoms with van der Waals surface area (Å²) in [6.45, 7) is 5.51. The predicted molar refractivity (Wildman–Crippen MR) is 52.2 cm³/mol. The van der Waals surface area contributed by atoms with Crippen LogP contribution in [0.1, 0.15) is 32.4 Å². The van der Waals surface area contributed by atoms with Crippen LogP contribution in [0, 0.1) is 5.41 Å². The van der Waals surface area contributed by atoms with Crippen molar-refractivity contribution in [1.82, 2.24) is 15.5 Å². The molecular formula is C10H17N3. The first kappa shape index (κ1) is 8.75. The van der Waals surface area contributed by atoms with Gasteiger partial charge in [0.15, 0.2) is 0 Å². The largest absolute Gasteiger partial charge is 0.308 e. The molecule has 0 amide bonds.